The average molecular weight is 302 g/mol. The van der Waals surface area contributed by atoms with Crippen LogP contribution in [0.15, 0.2) is 17.3 Å². The summed E-state index contributed by atoms with van der Waals surface area (Å²) < 4.78 is 48.2. The minimum Gasteiger partial charge on any atom is -0.449 e. The van der Waals surface area contributed by atoms with Gasteiger partial charge in [0.2, 0.25) is 0 Å². The summed E-state index contributed by atoms with van der Waals surface area (Å²) in [5.74, 6) is -3.77. The first kappa shape index (κ1) is 13.3. The minimum atomic E-state index is -4.77. The molecule has 1 unspecified atom stereocenters. The van der Waals surface area contributed by atoms with Crippen molar-refractivity contribution < 1.29 is 32.2 Å². The van der Waals surface area contributed by atoms with Gasteiger partial charge in [-0.1, -0.05) is 0 Å². The lowest BCUT2D eigenvalue weighted by atomic mass is 10.2. The number of hydrogen-bond donors (Lipinski definition) is 0. The van der Waals surface area contributed by atoms with Crippen LogP contribution in [0.3, 0.4) is 0 Å². The van der Waals surface area contributed by atoms with Gasteiger partial charge in [0.1, 0.15) is 0 Å². The maximum absolute atomic E-state index is 12.7. The topological polar surface area (TPSA) is 95.7 Å². The molecule has 0 aromatic carbocycles. The fraction of sp³-hybridized carbons (Fsp3) is 0.300. The third-order valence-electron chi connectivity index (χ3n) is 2.62. The van der Waals surface area contributed by atoms with Crippen molar-refractivity contribution in [2.75, 3.05) is 0 Å². The van der Waals surface area contributed by atoms with Crippen molar-refractivity contribution in [2.45, 2.75) is 18.7 Å². The normalized spacial score (nSPS) is 23.0. The van der Waals surface area contributed by atoms with E-state index in [1.807, 2.05) is 0 Å². The van der Waals surface area contributed by atoms with Gasteiger partial charge < -0.3 is 9.47 Å². The lowest BCUT2D eigenvalue weighted by molar-refractivity contribution is -0.148. The van der Waals surface area contributed by atoms with Crippen LogP contribution in [0, 0.1) is 0 Å². The number of nitrogens with zero attached hydrogens (tertiary/aromatic N) is 4. The first-order valence-corrected chi connectivity index (χ1v) is 5.55. The zero-order valence-corrected chi connectivity index (χ0v) is 9.99. The van der Waals surface area contributed by atoms with E-state index in [2.05, 4.69) is 15.3 Å². The van der Waals surface area contributed by atoms with Crippen LogP contribution < -0.4 is 0 Å². The van der Waals surface area contributed by atoms with Gasteiger partial charge in [-0.25, -0.2) is 9.59 Å². The second kappa shape index (κ2) is 4.40. The molecule has 8 nitrogen and oxygen atoms in total. The van der Waals surface area contributed by atoms with E-state index in [9.17, 15) is 22.8 Å². The molecule has 3 heterocycles. The Bertz CT molecular complexity index is 691. The highest BCUT2D eigenvalue weighted by molar-refractivity contribution is 6.02. The van der Waals surface area contributed by atoms with Gasteiger partial charge in [0.05, 0.1) is 6.42 Å². The highest BCUT2D eigenvalue weighted by Crippen LogP contribution is 2.30. The third-order valence-corrected chi connectivity index (χ3v) is 2.62. The molecule has 21 heavy (non-hydrogen) atoms. The fourth-order valence-electron chi connectivity index (χ4n) is 1.77. The number of hydrogen-bond acceptors (Lipinski definition) is 7. The smallest absolute Gasteiger partial charge is 0.449 e. The second-order valence-corrected chi connectivity index (χ2v) is 4.07. The predicted molar refractivity (Wildman–Crippen MR) is 56.7 cm³/mol. The van der Waals surface area contributed by atoms with Crippen molar-refractivity contribution in [3.8, 4) is 0 Å². The van der Waals surface area contributed by atoms with Crippen LogP contribution in [0.2, 0.25) is 0 Å². The van der Waals surface area contributed by atoms with E-state index >= 15 is 0 Å². The van der Waals surface area contributed by atoms with Gasteiger partial charge in [0, 0.05) is 12.2 Å². The molecule has 0 saturated carbocycles. The SMILES string of the molecule is O=C1/C=C\C(=O)OC2Cc3nnc(C(F)(F)F)n3N=C2O1. The molecule has 3 rings (SSSR count). The first-order valence-electron chi connectivity index (χ1n) is 5.55. The van der Waals surface area contributed by atoms with E-state index in [4.69, 9.17) is 9.47 Å². The molecule has 1 atom stereocenters. The molecule has 0 spiro atoms. The Morgan fingerprint density at radius 3 is 2.62 bits per heavy atom. The van der Waals surface area contributed by atoms with E-state index in [0.717, 1.165) is 12.2 Å². The summed E-state index contributed by atoms with van der Waals surface area (Å²) in [6.45, 7) is 0. The van der Waals surface area contributed by atoms with Crippen molar-refractivity contribution in [1.29, 1.82) is 0 Å². The predicted octanol–water partition coefficient (Wildman–Crippen LogP) is 0.0394. The molecule has 0 saturated heterocycles. The van der Waals surface area contributed by atoms with Gasteiger partial charge in [-0.2, -0.15) is 17.8 Å². The third kappa shape index (κ3) is 2.37. The Balaban J connectivity index is 2.05. The molecule has 11 heteroatoms. The van der Waals surface area contributed by atoms with Crippen molar-refractivity contribution in [3.05, 3.63) is 23.8 Å². The van der Waals surface area contributed by atoms with Crippen LogP contribution in [0.4, 0.5) is 13.2 Å². The van der Waals surface area contributed by atoms with Gasteiger partial charge in [0.25, 0.3) is 11.7 Å². The maximum Gasteiger partial charge on any atom is 0.453 e. The van der Waals surface area contributed by atoms with E-state index < -0.39 is 35.9 Å². The Morgan fingerprint density at radius 1 is 1.19 bits per heavy atom. The van der Waals surface area contributed by atoms with E-state index in [1.54, 1.807) is 0 Å². The van der Waals surface area contributed by atoms with Gasteiger partial charge in [-0.15, -0.1) is 15.3 Å². The number of rotatable bonds is 0. The van der Waals surface area contributed by atoms with Crippen molar-refractivity contribution in [3.63, 3.8) is 0 Å². The van der Waals surface area contributed by atoms with Gasteiger partial charge in [-0.05, 0) is 0 Å². The van der Waals surface area contributed by atoms with Crippen LogP contribution in [0.5, 0.6) is 0 Å². The summed E-state index contributed by atoms with van der Waals surface area (Å²) in [4.78, 5) is 22.6. The summed E-state index contributed by atoms with van der Waals surface area (Å²) in [5, 5.41) is 9.86. The summed E-state index contributed by atoms with van der Waals surface area (Å²) in [7, 11) is 0. The number of ether oxygens (including phenoxy) is 2. The molecule has 1 aromatic rings. The molecule has 0 N–H and O–H groups in total. The molecule has 2 aliphatic heterocycles. The number of halogens is 3. The highest BCUT2D eigenvalue weighted by atomic mass is 19.4. The Hall–Kier alpha value is -2.72. The molecule has 0 bridgehead atoms. The lowest BCUT2D eigenvalue weighted by Gasteiger charge is -2.23. The van der Waals surface area contributed by atoms with Gasteiger partial charge in [-0.3, -0.25) is 0 Å². The Kier molecular flexibility index (Phi) is 2.78. The number of aromatic nitrogens is 3. The number of esters is 2. The second-order valence-electron chi connectivity index (χ2n) is 4.07. The minimum absolute atomic E-state index is 0.163. The Labute approximate surface area is 113 Å². The van der Waals surface area contributed by atoms with Crippen molar-refractivity contribution >= 4 is 17.8 Å². The van der Waals surface area contributed by atoms with Crippen LogP contribution in [0.1, 0.15) is 11.6 Å². The number of carbonyl (C=O) groups excluding carboxylic acids is 2. The lowest BCUT2D eigenvalue weighted by Crippen LogP contribution is -2.38. The van der Waals surface area contributed by atoms with Crippen molar-refractivity contribution in [1.82, 2.24) is 14.9 Å². The Morgan fingerprint density at radius 2 is 1.90 bits per heavy atom. The van der Waals surface area contributed by atoms with Crippen LogP contribution in [0.25, 0.3) is 0 Å². The van der Waals surface area contributed by atoms with Gasteiger partial charge in [0.15, 0.2) is 11.9 Å². The number of alkyl halides is 3. The largest absolute Gasteiger partial charge is 0.453 e. The maximum atomic E-state index is 12.7. The molecule has 0 amide bonds. The van der Waals surface area contributed by atoms with Crippen LogP contribution >= 0.6 is 0 Å². The molecule has 0 aliphatic carbocycles. The fourth-order valence-corrected chi connectivity index (χ4v) is 1.77. The van der Waals surface area contributed by atoms with Gasteiger partial charge >= 0.3 is 18.1 Å². The average Bonchev–Trinajstić information content (AvgIpc) is 2.77. The van der Waals surface area contributed by atoms with Crippen molar-refractivity contribution in [2.24, 2.45) is 5.10 Å². The molecular formula is C10H5F3N4O4. The summed E-state index contributed by atoms with van der Waals surface area (Å²) >= 11 is 0. The first-order chi connectivity index (χ1) is 9.84. The quantitative estimate of drug-likeness (QED) is 0.628. The molecule has 1 aromatic heterocycles. The standard InChI is InChI=1S/C10H5F3N4O4/c11-10(12,13)9-15-14-5-3-4-8(16-17(5)9)21-7(19)2-1-6(18)20-4/h1-2,4H,3H2/b2-1-. The monoisotopic (exact) mass is 302 g/mol. The molecular weight excluding hydrogens is 297 g/mol. The zero-order valence-electron chi connectivity index (χ0n) is 9.99. The van der Waals surface area contributed by atoms with E-state index in [0.29, 0.717) is 4.68 Å². The number of carbonyl (C=O) groups is 2. The molecule has 0 radical (unpaired) electrons. The van der Waals surface area contributed by atoms with E-state index in [1.165, 1.54) is 0 Å². The summed E-state index contributed by atoms with van der Waals surface area (Å²) in [6, 6.07) is 0. The molecule has 110 valence electrons. The molecule has 2 aliphatic rings. The summed E-state index contributed by atoms with van der Waals surface area (Å²) in [6.07, 6.45) is -4.52. The van der Waals surface area contributed by atoms with Crippen LogP contribution in [-0.2, 0) is 31.7 Å². The summed E-state index contributed by atoms with van der Waals surface area (Å²) in [5.41, 5.74) is 0. The molecule has 0 fully saturated rings. The zero-order chi connectivity index (χ0) is 15.2. The number of fused-ring (bicyclic) bond motifs is 2. The van der Waals surface area contributed by atoms with Crippen LogP contribution in [-0.4, -0.2) is 38.8 Å². The van der Waals surface area contributed by atoms with E-state index in [-0.39, 0.29) is 12.2 Å². The highest BCUT2D eigenvalue weighted by Gasteiger charge is 2.42.